The Balaban J connectivity index is 2.01. The molecule has 2 nitrogen and oxygen atoms in total. The zero-order valence-electron chi connectivity index (χ0n) is 10.8. The van der Waals surface area contributed by atoms with Crippen LogP contribution in [0.2, 0.25) is 0 Å². The summed E-state index contributed by atoms with van der Waals surface area (Å²) in [4.78, 5) is 0. The monoisotopic (exact) mass is 242 g/mol. The maximum Gasteiger partial charge on any atom is 0.124 e. The van der Waals surface area contributed by atoms with Gasteiger partial charge in [0.2, 0.25) is 0 Å². The predicted molar refractivity (Wildman–Crippen MR) is 72.6 cm³/mol. The molecule has 18 heavy (non-hydrogen) atoms. The first kappa shape index (κ1) is 12.7. The fraction of sp³-hybridized carbons (Fsp3) is 0.250. The first-order chi connectivity index (χ1) is 8.81. The maximum absolute atomic E-state index is 5.88. The number of methoxy groups -OCH3 is 1. The first-order valence-electron chi connectivity index (χ1n) is 6.09. The van der Waals surface area contributed by atoms with Gasteiger partial charge in [-0.3, -0.25) is 0 Å². The minimum absolute atomic E-state index is 0.0151. The molecule has 0 radical (unpaired) electrons. The van der Waals surface area contributed by atoms with Crippen LogP contribution in [0, 0.1) is 0 Å². The highest BCUT2D eigenvalue weighted by molar-refractivity contribution is 5.34. The van der Waals surface area contributed by atoms with Crippen molar-refractivity contribution in [2.24, 2.45) is 0 Å². The summed E-state index contributed by atoms with van der Waals surface area (Å²) < 4.78 is 11.2. The molecule has 2 aromatic rings. The molecule has 0 saturated carbocycles. The summed E-state index contributed by atoms with van der Waals surface area (Å²) in [6, 6.07) is 18.1. The number of hydrogen-bond acceptors (Lipinski definition) is 2. The normalized spacial score (nSPS) is 12.1. The van der Waals surface area contributed by atoms with Crippen LogP contribution in [0.1, 0.15) is 24.2 Å². The van der Waals surface area contributed by atoms with Crippen molar-refractivity contribution < 1.29 is 9.47 Å². The number of ether oxygens (including phenoxy) is 2. The second-order valence-electron chi connectivity index (χ2n) is 4.18. The van der Waals surface area contributed by atoms with Crippen LogP contribution in [0.15, 0.2) is 54.6 Å². The average molecular weight is 242 g/mol. The van der Waals surface area contributed by atoms with Crippen LogP contribution in [0.3, 0.4) is 0 Å². The van der Waals surface area contributed by atoms with Crippen molar-refractivity contribution in [2.75, 3.05) is 7.11 Å². The molecule has 1 atom stereocenters. The molecule has 0 spiro atoms. The van der Waals surface area contributed by atoms with E-state index in [0.717, 1.165) is 11.3 Å². The number of para-hydroxylation sites is 1. The van der Waals surface area contributed by atoms with Gasteiger partial charge in [0.15, 0.2) is 0 Å². The summed E-state index contributed by atoms with van der Waals surface area (Å²) in [5, 5.41) is 0. The molecule has 0 N–H and O–H groups in total. The van der Waals surface area contributed by atoms with E-state index >= 15 is 0 Å². The molecule has 0 aromatic heterocycles. The Labute approximate surface area is 108 Å². The summed E-state index contributed by atoms with van der Waals surface area (Å²) >= 11 is 0. The van der Waals surface area contributed by atoms with Crippen molar-refractivity contribution in [3.8, 4) is 5.75 Å². The molecule has 0 aliphatic rings. The van der Waals surface area contributed by atoms with Crippen molar-refractivity contribution in [1.29, 1.82) is 0 Å². The number of hydrogen-bond donors (Lipinski definition) is 0. The maximum atomic E-state index is 5.88. The molecule has 0 heterocycles. The van der Waals surface area contributed by atoms with Crippen LogP contribution >= 0.6 is 0 Å². The number of benzene rings is 2. The van der Waals surface area contributed by atoms with Crippen LogP contribution in [0.5, 0.6) is 5.75 Å². The molecule has 0 fully saturated rings. The Kier molecular flexibility index (Phi) is 4.37. The molecular weight excluding hydrogens is 224 g/mol. The average Bonchev–Trinajstić information content (AvgIpc) is 2.45. The lowest BCUT2D eigenvalue weighted by Gasteiger charge is -2.16. The lowest BCUT2D eigenvalue weighted by atomic mass is 10.1. The predicted octanol–water partition coefficient (Wildman–Crippen LogP) is 3.97. The van der Waals surface area contributed by atoms with E-state index in [2.05, 4.69) is 12.1 Å². The fourth-order valence-corrected chi connectivity index (χ4v) is 1.89. The molecule has 2 aromatic carbocycles. The van der Waals surface area contributed by atoms with E-state index in [0.29, 0.717) is 6.61 Å². The van der Waals surface area contributed by atoms with Gasteiger partial charge in [0, 0.05) is 5.56 Å². The molecule has 94 valence electrons. The van der Waals surface area contributed by atoms with Crippen molar-refractivity contribution in [1.82, 2.24) is 0 Å². The second kappa shape index (κ2) is 6.22. The van der Waals surface area contributed by atoms with E-state index in [9.17, 15) is 0 Å². The minimum atomic E-state index is 0.0151. The van der Waals surface area contributed by atoms with Crippen molar-refractivity contribution in [3.05, 3.63) is 65.7 Å². The smallest absolute Gasteiger partial charge is 0.124 e. The topological polar surface area (TPSA) is 18.5 Å². The lowest BCUT2D eigenvalue weighted by Crippen LogP contribution is -2.02. The standard InChI is InChI=1S/C16H18O2/c1-13(15-10-6-7-11-16(15)17-2)18-12-14-8-4-3-5-9-14/h3-11,13H,12H2,1-2H3. The molecule has 0 saturated heterocycles. The molecular formula is C16H18O2. The summed E-state index contributed by atoms with van der Waals surface area (Å²) in [5.41, 5.74) is 2.26. The largest absolute Gasteiger partial charge is 0.496 e. The Bertz CT molecular complexity index is 479. The zero-order chi connectivity index (χ0) is 12.8. The van der Waals surface area contributed by atoms with Gasteiger partial charge in [-0.2, -0.15) is 0 Å². The van der Waals surface area contributed by atoms with Crippen LogP contribution in [-0.2, 0) is 11.3 Å². The molecule has 1 unspecified atom stereocenters. The van der Waals surface area contributed by atoms with Gasteiger partial charge in [0.1, 0.15) is 5.75 Å². The first-order valence-corrected chi connectivity index (χ1v) is 6.09. The molecule has 0 aliphatic carbocycles. The summed E-state index contributed by atoms with van der Waals surface area (Å²) in [6.07, 6.45) is 0.0151. The quantitative estimate of drug-likeness (QED) is 0.789. The Hall–Kier alpha value is -1.80. The second-order valence-corrected chi connectivity index (χ2v) is 4.18. The van der Waals surface area contributed by atoms with Crippen LogP contribution in [0.4, 0.5) is 0 Å². The third kappa shape index (κ3) is 3.11. The van der Waals surface area contributed by atoms with Gasteiger partial charge in [-0.05, 0) is 18.6 Å². The fourth-order valence-electron chi connectivity index (χ4n) is 1.89. The molecule has 0 aliphatic heterocycles. The van der Waals surface area contributed by atoms with Gasteiger partial charge in [-0.1, -0.05) is 48.5 Å². The van der Waals surface area contributed by atoms with Gasteiger partial charge in [-0.15, -0.1) is 0 Å². The summed E-state index contributed by atoms with van der Waals surface area (Å²) in [5.74, 6) is 0.873. The van der Waals surface area contributed by atoms with E-state index < -0.39 is 0 Å². The molecule has 0 amide bonds. The lowest BCUT2D eigenvalue weighted by molar-refractivity contribution is 0.0509. The van der Waals surface area contributed by atoms with Gasteiger partial charge in [0.25, 0.3) is 0 Å². The summed E-state index contributed by atoms with van der Waals surface area (Å²) in [6.45, 7) is 2.65. The Morgan fingerprint density at radius 3 is 2.33 bits per heavy atom. The summed E-state index contributed by atoms with van der Waals surface area (Å²) in [7, 11) is 1.68. The van der Waals surface area contributed by atoms with Crippen LogP contribution in [-0.4, -0.2) is 7.11 Å². The Morgan fingerprint density at radius 2 is 1.61 bits per heavy atom. The van der Waals surface area contributed by atoms with E-state index in [1.807, 2.05) is 49.4 Å². The van der Waals surface area contributed by atoms with E-state index in [1.54, 1.807) is 7.11 Å². The zero-order valence-corrected chi connectivity index (χ0v) is 10.8. The highest BCUT2D eigenvalue weighted by Gasteiger charge is 2.10. The van der Waals surface area contributed by atoms with Gasteiger partial charge < -0.3 is 9.47 Å². The van der Waals surface area contributed by atoms with Crippen molar-refractivity contribution >= 4 is 0 Å². The molecule has 0 bridgehead atoms. The third-order valence-corrected chi connectivity index (χ3v) is 2.92. The van der Waals surface area contributed by atoms with Crippen molar-refractivity contribution in [2.45, 2.75) is 19.6 Å². The van der Waals surface area contributed by atoms with Crippen LogP contribution < -0.4 is 4.74 Å². The van der Waals surface area contributed by atoms with Crippen molar-refractivity contribution in [3.63, 3.8) is 0 Å². The van der Waals surface area contributed by atoms with E-state index in [1.165, 1.54) is 5.56 Å². The molecule has 2 rings (SSSR count). The van der Waals surface area contributed by atoms with E-state index in [4.69, 9.17) is 9.47 Å². The minimum Gasteiger partial charge on any atom is -0.496 e. The third-order valence-electron chi connectivity index (χ3n) is 2.92. The van der Waals surface area contributed by atoms with E-state index in [-0.39, 0.29) is 6.10 Å². The van der Waals surface area contributed by atoms with Gasteiger partial charge in [-0.25, -0.2) is 0 Å². The van der Waals surface area contributed by atoms with Gasteiger partial charge >= 0.3 is 0 Å². The van der Waals surface area contributed by atoms with Crippen LogP contribution in [0.25, 0.3) is 0 Å². The highest BCUT2D eigenvalue weighted by atomic mass is 16.5. The number of rotatable bonds is 5. The van der Waals surface area contributed by atoms with Gasteiger partial charge in [0.05, 0.1) is 19.8 Å². The molecule has 2 heteroatoms. The highest BCUT2D eigenvalue weighted by Crippen LogP contribution is 2.27. The SMILES string of the molecule is COc1ccccc1C(C)OCc1ccccc1. The Morgan fingerprint density at radius 1 is 0.944 bits per heavy atom.